The molecule has 0 bridgehead atoms. The quantitative estimate of drug-likeness (QED) is 0.836. The average Bonchev–Trinajstić information content (AvgIpc) is 2.60. The first kappa shape index (κ1) is 16.5. The van der Waals surface area contributed by atoms with Crippen LogP contribution in [-0.4, -0.2) is 43.5 Å². The summed E-state index contributed by atoms with van der Waals surface area (Å²) in [4.78, 5) is 25.1. The molecule has 22 heavy (non-hydrogen) atoms. The van der Waals surface area contributed by atoms with Crippen LogP contribution >= 0.6 is 0 Å². The summed E-state index contributed by atoms with van der Waals surface area (Å²) in [5.74, 6) is -0.324. The Hall–Kier alpha value is -1.88. The van der Waals surface area contributed by atoms with E-state index in [1.54, 1.807) is 0 Å². The fourth-order valence-electron chi connectivity index (χ4n) is 3.06. The molecular weight excluding hydrogens is 280 g/mol. The Labute approximate surface area is 131 Å². The number of hydrogen-bond acceptors (Lipinski definition) is 4. The van der Waals surface area contributed by atoms with Gasteiger partial charge in [-0.1, -0.05) is 30.3 Å². The number of hydrogen-bond donors (Lipinski definition) is 1. The molecule has 0 aromatic heterocycles. The molecule has 0 radical (unpaired) electrons. The molecule has 1 aromatic rings. The zero-order valence-electron chi connectivity index (χ0n) is 13.1. The highest BCUT2D eigenvalue weighted by molar-refractivity contribution is 5.81. The van der Waals surface area contributed by atoms with Crippen molar-refractivity contribution in [2.45, 2.75) is 31.1 Å². The third kappa shape index (κ3) is 3.65. The summed E-state index contributed by atoms with van der Waals surface area (Å²) in [6.45, 7) is 1.96. The molecule has 1 fully saturated rings. The minimum absolute atomic E-state index is 0.0177. The Morgan fingerprint density at radius 2 is 1.82 bits per heavy atom. The lowest BCUT2D eigenvalue weighted by Gasteiger charge is -2.41. The van der Waals surface area contributed by atoms with Gasteiger partial charge in [0.1, 0.15) is 0 Å². The maximum atomic E-state index is 12.1. The number of likely N-dealkylation sites (tertiary alicyclic amines) is 1. The number of carbonyl (C=O) groups excluding carboxylic acids is 2. The molecular formula is C17H24N2O3. The number of nitrogens with zero attached hydrogens (tertiary/aromatic N) is 1. The van der Waals surface area contributed by atoms with Crippen molar-refractivity contribution in [3.63, 3.8) is 0 Å². The van der Waals surface area contributed by atoms with E-state index < -0.39 is 0 Å². The summed E-state index contributed by atoms with van der Waals surface area (Å²) in [6, 6.07) is 10.3. The molecule has 5 heteroatoms. The highest BCUT2D eigenvalue weighted by atomic mass is 16.5. The minimum atomic E-state index is -0.342. The largest absolute Gasteiger partial charge is 0.469 e. The lowest BCUT2D eigenvalue weighted by molar-refractivity contribution is -0.144. The predicted octanol–water partition coefficient (Wildman–Crippen LogP) is 1.46. The van der Waals surface area contributed by atoms with Gasteiger partial charge in [0.2, 0.25) is 5.91 Å². The third-order valence-electron chi connectivity index (χ3n) is 4.62. The van der Waals surface area contributed by atoms with E-state index in [1.165, 1.54) is 12.7 Å². The summed E-state index contributed by atoms with van der Waals surface area (Å²) < 4.78 is 4.57. The number of piperidine rings is 1. The molecule has 5 nitrogen and oxygen atoms in total. The van der Waals surface area contributed by atoms with Gasteiger partial charge in [0, 0.05) is 31.5 Å². The standard InChI is InChI=1S/C17H24N2O3/c1-22-16(21)8-7-15(20)19-11-9-17(13-18,10-12-19)14-5-3-2-4-6-14/h2-6H,7-13,18H2,1H3. The smallest absolute Gasteiger partial charge is 0.306 e. The number of ether oxygens (including phenoxy) is 1. The number of rotatable bonds is 5. The first-order chi connectivity index (χ1) is 10.6. The molecule has 0 saturated carbocycles. The second-order valence-electron chi connectivity index (χ2n) is 5.81. The van der Waals surface area contributed by atoms with Gasteiger partial charge in [0.05, 0.1) is 13.5 Å². The van der Waals surface area contributed by atoms with E-state index in [-0.39, 0.29) is 30.1 Å². The van der Waals surface area contributed by atoms with Crippen LogP contribution in [0.4, 0.5) is 0 Å². The minimum Gasteiger partial charge on any atom is -0.469 e. The van der Waals surface area contributed by atoms with Crippen molar-refractivity contribution in [1.82, 2.24) is 4.90 Å². The Bertz CT molecular complexity index is 508. The molecule has 0 atom stereocenters. The highest BCUT2D eigenvalue weighted by Crippen LogP contribution is 2.34. The number of benzene rings is 1. The molecule has 0 unspecified atom stereocenters. The SMILES string of the molecule is COC(=O)CCC(=O)N1CCC(CN)(c2ccccc2)CC1. The van der Waals surface area contributed by atoms with Crippen LogP contribution in [0.1, 0.15) is 31.2 Å². The Morgan fingerprint density at radius 3 is 2.36 bits per heavy atom. The van der Waals surface area contributed by atoms with Gasteiger partial charge in [-0.05, 0) is 18.4 Å². The van der Waals surface area contributed by atoms with Crippen LogP contribution in [0.3, 0.4) is 0 Å². The van der Waals surface area contributed by atoms with Crippen molar-refractivity contribution in [2.75, 3.05) is 26.7 Å². The highest BCUT2D eigenvalue weighted by Gasteiger charge is 2.36. The van der Waals surface area contributed by atoms with Gasteiger partial charge in [-0.15, -0.1) is 0 Å². The molecule has 0 spiro atoms. The summed E-state index contributed by atoms with van der Waals surface area (Å²) in [5, 5.41) is 0. The topological polar surface area (TPSA) is 72.6 Å². The Kier molecular flexibility index (Phi) is 5.55. The van der Waals surface area contributed by atoms with Crippen LogP contribution in [0.25, 0.3) is 0 Å². The van der Waals surface area contributed by atoms with Gasteiger partial charge >= 0.3 is 5.97 Å². The van der Waals surface area contributed by atoms with Crippen molar-refractivity contribution in [3.05, 3.63) is 35.9 Å². The van der Waals surface area contributed by atoms with Gasteiger partial charge in [0.15, 0.2) is 0 Å². The van der Waals surface area contributed by atoms with Crippen molar-refractivity contribution in [2.24, 2.45) is 5.73 Å². The lowest BCUT2D eigenvalue weighted by atomic mass is 9.73. The van der Waals surface area contributed by atoms with Crippen LogP contribution in [0.15, 0.2) is 30.3 Å². The van der Waals surface area contributed by atoms with E-state index in [2.05, 4.69) is 16.9 Å². The van der Waals surface area contributed by atoms with Crippen LogP contribution in [0.5, 0.6) is 0 Å². The maximum absolute atomic E-state index is 12.1. The Morgan fingerprint density at radius 1 is 1.18 bits per heavy atom. The molecule has 2 N–H and O–H groups in total. The van der Waals surface area contributed by atoms with Gasteiger partial charge in [-0.3, -0.25) is 9.59 Å². The normalized spacial score (nSPS) is 17.1. The predicted molar refractivity (Wildman–Crippen MR) is 84.2 cm³/mol. The van der Waals surface area contributed by atoms with Gasteiger partial charge in [0.25, 0.3) is 0 Å². The monoisotopic (exact) mass is 304 g/mol. The van der Waals surface area contributed by atoms with Crippen molar-refractivity contribution >= 4 is 11.9 Å². The summed E-state index contributed by atoms with van der Waals surface area (Å²) in [6.07, 6.45) is 2.08. The van der Waals surface area contributed by atoms with Crippen LogP contribution in [0, 0.1) is 0 Å². The van der Waals surface area contributed by atoms with Crippen molar-refractivity contribution in [1.29, 1.82) is 0 Å². The zero-order chi connectivity index (χ0) is 16.0. The lowest BCUT2D eigenvalue weighted by Crippen LogP contribution is -2.48. The Balaban J connectivity index is 1.94. The number of esters is 1. The second-order valence-corrected chi connectivity index (χ2v) is 5.81. The van der Waals surface area contributed by atoms with E-state index in [0.29, 0.717) is 19.6 Å². The second kappa shape index (κ2) is 7.40. The molecule has 0 aliphatic carbocycles. The van der Waals surface area contributed by atoms with Crippen LogP contribution in [-0.2, 0) is 19.7 Å². The first-order valence-corrected chi connectivity index (χ1v) is 7.71. The fourth-order valence-corrected chi connectivity index (χ4v) is 3.06. The summed E-state index contributed by atoms with van der Waals surface area (Å²) in [7, 11) is 1.34. The molecule has 1 amide bonds. The van der Waals surface area contributed by atoms with Crippen LogP contribution < -0.4 is 5.73 Å². The molecule has 1 saturated heterocycles. The zero-order valence-corrected chi connectivity index (χ0v) is 13.1. The van der Waals surface area contributed by atoms with E-state index >= 15 is 0 Å². The van der Waals surface area contributed by atoms with Gasteiger partial charge in [-0.25, -0.2) is 0 Å². The average molecular weight is 304 g/mol. The fraction of sp³-hybridized carbons (Fsp3) is 0.529. The van der Waals surface area contributed by atoms with Gasteiger partial charge < -0.3 is 15.4 Å². The molecule has 1 aliphatic heterocycles. The summed E-state index contributed by atoms with van der Waals surface area (Å²) >= 11 is 0. The van der Waals surface area contributed by atoms with Crippen molar-refractivity contribution in [3.8, 4) is 0 Å². The molecule has 1 aromatic carbocycles. The van der Waals surface area contributed by atoms with E-state index in [9.17, 15) is 9.59 Å². The number of nitrogens with two attached hydrogens (primary N) is 1. The van der Waals surface area contributed by atoms with E-state index in [0.717, 1.165) is 12.8 Å². The van der Waals surface area contributed by atoms with E-state index in [1.807, 2.05) is 23.1 Å². The van der Waals surface area contributed by atoms with Gasteiger partial charge in [-0.2, -0.15) is 0 Å². The van der Waals surface area contributed by atoms with E-state index in [4.69, 9.17) is 5.73 Å². The summed E-state index contributed by atoms with van der Waals surface area (Å²) in [5.41, 5.74) is 7.25. The third-order valence-corrected chi connectivity index (χ3v) is 4.62. The number of amides is 1. The maximum Gasteiger partial charge on any atom is 0.306 e. The number of carbonyl (C=O) groups is 2. The molecule has 120 valence electrons. The molecule has 2 rings (SSSR count). The van der Waals surface area contributed by atoms with Crippen LogP contribution in [0.2, 0.25) is 0 Å². The number of methoxy groups -OCH3 is 1. The molecule has 1 heterocycles. The first-order valence-electron chi connectivity index (χ1n) is 7.71. The molecule has 1 aliphatic rings. The van der Waals surface area contributed by atoms with Crippen molar-refractivity contribution < 1.29 is 14.3 Å².